The molecule has 1 fully saturated rings. The average molecular weight is 304 g/mol. The van der Waals surface area contributed by atoms with Crippen LogP contribution in [0.1, 0.15) is 70.4 Å². The molecular weight excluding hydrogens is 276 g/mol. The van der Waals surface area contributed by atoms with Crippen molar-refractivity contribution in [3.8, 4) is 0 Å². The molecule has 0 aliphatic carbocycles. The number of likely N-dealkylation sites (tertiary alicyclic amines) is 1. The summed E-state index contributed by atoms with van der Waals surface area (Å²) in [6.45, 7) is 8.77. The quantitative estimate of drug-likeness (QED) is 0.801. The third-order valence-electron chi connectivity index (χ3n) is 4.93. The zero-order valence-corrected chi connectivity index (χ0v) is 14.1. The third-order valence-corrected chi connectivity index (χ3v) is 4.93. The third kappa shape index (κ3) is 3.03. The first-order chi connectivity index (χ1) is 10.5. The predicted octanol–water partition coefficient (Wildman–Crippen LogP) is 2.76. The van der Waals surface area contributed by atoms with Crippen LogP contribution < -0.4 is 0 Å². The van der Waals surface area contributed by atoms with Crippen LogP contribution in [0.4, 0.5) is 0 Å². The van der Waals surface area contributed by atoms with Crippen LogP contribution in [0.2, 0.25) is 0 Å². The van der Waals surface area contributed by atoms with E-state index in [4.69, 9.17) is 0 Å². The summed E-state index contributed by atoms with van der Waals surface area (Å²) in [5.41, 5.74) is -0.279. The fourth-order valence-corrected chi connectivity index (χ4v) is 3.62. The Hall–Kier alpha value is -1.39. The van der Waals surface area contributed by atoms with Gasteiger partial charge in [0.05, 0.1) is 0 Å². The van der Waals surface area contributed by atoms with Crippen LogP contribution >= 0.6 is 0 Å². The SMILES string of the molecule is CC(C)(C)C(=O)N1CCC(c2nnc3n2CCCCC3)CC1. The smallest absolute Gasteiger partial charge is 0.227 e. The second-order valence-electron chi connectivity index (χ2n) is 7.75. The number of rotatable bonds is 1. The van der Waals surface area contributed by atoms with Crippen LogP contribution in [0.25, 0.3) is 0 Å². The first kappa shape index (κ1) is 15.5. The minimum absolute atomic E-state index is 0.269. The lowest BCUT2D eigenvalue weighted by atomic mass is 9.90. The fraction of sp³-hybridized carbons (Fsp3) is 0.824. The van der Waals surface area contributed by atoms with Crippen molar-refractivity contribution in [1.82, 2.24) is 19.7 Å². The zero-order chi connectivity index (χ0) is 15.7. The summed E-state index contributed by atoms with van der Waals surface area (Å²) < 4.78 is 2.36. The summed E-state index contributed by atoms with van der Waals surface area (Å²) in [6, 6.07) is 0. The van der Waals surface area contributed by atoms with Gasteiger partial charge in [0.15, 0.2) is 0 Å². The minimum atomic E-state index is -0.279. The number of aryl methyl sites for hydroxylation is 1. The van der Waals surface area contributed by atoms with Crippen molar-refractivity contribution in [2.45, 2.75) is 71.8 Å². The molecule has 0 N–H and O–H groups in total. The van der Waals surface area contributed by atoms with Crippen LogP contribution in [0, 0.1) is 5.41 Å². The molecule has 0 spiro atoms. The molecule has 22 heavy (non-hydrogen) atoms. The Labute approximate surface area is 133 Å². The minimum Gasteiger partial charge on any atom is -0.342 e. The number of hydrogen-bond acceptors (Lipinski definition) is 3. The number of aromatic nitrogens is 3. The molecule has 0 bridgehead atoms. The van der Waals surface area contributed by atoms with Crippen molar-refractivity contribution in [2.24, 2.45) is 5.41 Å². The van der Waals surface area contributed by atoms with Crippen LogP contribution in [0.3, 0.4) is 0 Å². The Kier molecular flexibility index (Phi) is 4.24. The van der Waals surface area contributed by atoms with Gasteiger partial charge >= 0.3 is 0 Å². The lowest BCUT2D eigenvalue weighted by Crippen LogP contribution is -2.44. The highest BCUT2D eigenvalue weighted by Crippen LogP contribution is 2.30. The molecule has 0 aromatic carbocycles. The van der Waals surface area contributed by atoms with Crippen molar-refractivity contribution in [3.05, 3.63) is 11.6 Å². The standard InChI is InChI=1S/C17H28N4O/c1-17(2,3)16(22)20-11-8-13(9-12-20)15-19-18-14-7-5-4-6-10-21(14)15/h13H,4-12H2,1-3H3. The summed E-state index contributed by atoms with van der Waals surface area (Å²) in [6.07, 6.45) is 6.85. The number of carbonyl (C=O) groups excluding carboxylic acids is 1. The van der Waals surface area contributed by atoms with E-state index >= 15 is 0 Å². The maximum atomic E-state index is 12.4. The molecule has 1 aromatic rings. The van der Waals surface area contributed by atoms with E-state index in [9.17, 15) is 4.79 Å². The van der Waals surface area contributed by atoms with E-state index < -0.39 is 0 Å². The number of amides is 1. The fourth-order valence-electron chi connectivity index (χ4n) is 3.62. The molecule has 0 unspecified atom stereocenters. The predicted molar refractivity (Wildman–Crippen MR) is 85.6 cm³/mol. The maximum Gasteiger partial charge on any atom is 0.227 e. The van der Waals surface area contributed by atoms with Gasteiger partial charge in [-0.1, -0.05) is 27.2 Å². The van der Waals surface area contributed by atoms with E-state index in [1.807, 2.05) is 25.7 Å². The number of hydrogen-bond donors (Lipinski definition) is 0. The Balaban J connectivity index is 1.67. The molecule has 1 saturated heterocycles. The van der Waals surface area contributed by atoms with Crippen LogP contribution in [-0.2, 0) is 17.8 Å². The molecule has 3 rings (SSSR count). The number of carbonyl (C=O) groups is 1. The molecule has 122 valence electrons. The monoisotopic (exact) mass is 304 g/mol. The van der Waals surface area contributed by atoms with Crippen molar-refractivity contribution < 1.29 is 4.79 Å². The van der Waals surface area contributed by atoms with Gasteiger partial charge in [0.25, 0.3) is 0 Å². The van der Waals surface area contributed by atoms with Gasteiger partial charge in [0.2, 0.25) is 5.91 Å². The summed E-state index contributed by atoms with van der Waals surface area (Å²) in [7, 11) is 0. The molecule has 0 radical (unpaired) electrons. The molecule has 0 saturated carbocycles. The molecule has 2 aliphatic heterocycles. The summed E-state index contributed by atoms with van der Waals surface area (Å²) in [5, 5.41) is 8.91. The van der Waals surface area contributed by atoms with Gasteiger partial charge in [-0.15, -0.1) is 10.2 Å². The average Bonchev–Trinajstić information content (AvgIpc) is 2.74. The van der Waals surface area contributed by atoms with Crippen LogP contribution in [0.15, 0.2) is 0 Å². The highest BCUT2D eigenvalue weighted by Gasteiger charge is 2.32. The van der Waals surface area contributed by atoms with Gasteiger partial charge in [0, 0.05) is 37.4 Å². The highest BCUT2D eigenvalue weighted by atomic mass is 16.2. The molecule has 3 heterocycles. The van der Waals surface area contributed by atoms with Gasteiger partial charge in [-0.25, -0.2) is 0 Å². The van der Waals surface area contributed by atoms with Crippen molar-refractivity contribution in [3.63, 3.8) is 0 Å². The molecule has 1 amide bonds. The molecule has 5 nitrogen and oxygen atoms in total. The number of nitrogens with zero attached hydrogens (tertiary/aromatic N) is 4. The van der Waals surface area contributed by atoms with Crippen molar-refractivity contribution >= 4 is 5.91 Å². The summed E-state index contributed by atoms with van der Waals surface area (Å²) in [5.74, 6) is 3.06. The van der Waals surface area contributed by atoms with Crippen LogP contribution in [0.5, 0.6) is 0 Å². The zero-order valence-electron chi connectivity index (χ0n) is 14.1. The van der Waals surface area contributed by atoms with Crippen LogP contribution in [-0.4, -0.2) is 38.7 Å². The summed E-state index contributed by atoms with van der Waals surface area (Å²) >= 11 is 0. The summed E-state index contributed by atoms with van der Waals surface area (Å²) in [4.78, 5) is 14.4. The lowest BCUT2D eigenvalue weighted by molar-refractivity contribution is -0.140. The Morgan fingerprint density at radius 3 is 2.45 bits per heavy atom. The first-order valence-corrected chi connectivity index (χ1v) is 8.68. The number of piperidine rings is 1. The van der Waals surface area contributed by atoms with E-state index in [1.165, 1.54) is 30.9 Å². The topological polar surface area (TPSA) is 51.0 Å². The van der Waals surface area contributed by atoms with Gasteiger partial charge in [0.1, 0.15) is 11.6 Å². The first-order valence-electron chi connectivity index (χ1n) is 8.68. The van der Waals surface area contributed by atoms with E-state index in [2.05, 4.69) is 14.8 Å². The number of fused-ring (bicyclic) bond motifs is 1. The Morgan fingerprint density at radius 2 is 1.77 bits per heavy atom. The molecule has 2 aliphatic rings. The van der Waals surface area contributed by atoms with E-state index in [0.29, 0.717) is 5.92 Å². The second-order valence-corrected chi connectivity index (χ2v) is 7.75. The van der Waals surface area contributed by atoms with Crippen molar-refractivity contribution in [1.29, 1.82) is 0 Å². The highest BCUT2D eigenvalue weighted by molar-refractivity contribution is 5.81. The Morgan fingerprint density at radius 1 is 1.05 bits per heavy atom. The maximum absolute atomic E-state index is 12.4. The van der Waals surface area contributed by atoms with Gasteiger partial charge in [-0.3, -0.25) is 4.79 Å². The van der Waals surface area contributed by atoms with E-state index in [-0.39, 0.29) is 11.3 Å². The normalized spacial score (nSPS) is 20.6. The van der Waals surface area contributed by atoms with Gasteiger partial charge in [-0.2, -0.15) is 0 Å². The van der Waals surface area contributed by atoms with E-state index in [1.54, 1.807) is 0 Å². The lowest BCUT2D eigenvalue weighted by Gasteiger charge is -2.35. The van der Waals surface area contributed by atoms with E-state index in [0.717, 1.165) is 38.9 Å². The molecule has 1 aromatic heterocycles. The second kappa shape index (κ2) is 6.01. The molecular formula is C17H28N4O. The molecule has 0 atom stereocenters. The van der Waals surface area contributed by atoms with Crippen molar-refractivity contribution in [2.75, 3.05) is 13.1 Å². The van der Waals surface area contributed by atoms with Gasteiger partial charge < -0.3 is 9.47 Å². The molecule has 5 heteroatoms. The van der Waals surface area contributed by atoms with Gasteiger partial charge in [-0.05, 0) is 25.7 Å². The Bertz CT molecular complexity index is 535. The largest absolute Gasteiger partial charge is 0.342 e.